The molecule has 0 radical (unpaired) electrons. The summed E-state index contributed by atoms with van der Waals surface area (Å²) in [4.78, 5) is 0. The highest BCUT2D eigenvalue weighted by Gasteiger charge is 2.47. The SMILES string of the molecule is C=CCOCc1cccc([C@]2(OC)C[C@H](OC(C)(C)C)C2)c1. The van der Waals surface area contributed by atoms with E-state index in [1.165, 1.54) is 5.56 Å². The summed E-state index contributed by atoms with van der Waals surface area (Å²) in [6, 6.07) is 8.46. The smallest absolute Gasteiger partial charge is 0.0977 e. The van der Waals surface area contributed by atoms with E-state index in [2.05, 4.69) is 51.6 Å². The molecule has 0 aromatic heterocycles. The molecular formula is C19H28O3. The van der Waals surface area contributed by atoms with Crippen LogP contribution in [0.3, 0.4) is 0 Å². The zero-order chi connectivity index (χ0) is 16.2. The van der Waals surface area contributed by atoms with Gasteiger partial charge in [0.2, 0.25) is 0 Å². The fourth-order valence-electron chi connectivity index (χ4n) is 2.98. The molecular weight excluding hydrogens is 276 g/mol. The fourth-order valence-corrected chi connectivity index (χ4v) is 2.98. The third kappa shape index (κ3) is 4.19. The first-order valence-electron chi connectivity index (χ1n) is 7.89. The Morgan fingerprint density at radius 1 is 1.32 bits per heavy atom. The Kier molecular flexibility index (Phi) is 5.43. The van der Waals surface area contributed by atoms with Gasteiger partial charge in [-0.1, -0.05) is 30.3 Å². The average molecular weight is 304 g/mol. The van der Waals surface area contributed by atoms with Crippen molar-refractivity contribution < 1.29 is 14.2 Å². The van der Waals surface area contributed by atoms with Gasteiger partial charge in [-0.05, 0) is 31.9 Å². The van der Waals surface area contributed by atoms with Crippen LogP contribution in [0.2, 0.25) is 0 Å². The van der Waals surface area contributed by atoms with E-state index in [1.807, 2.05) is 0 Å². The molecule has 22 heavy (non-hydrogen) atoms. The summed E-state index contributed by atoms with van der Waals surface area (Å²) in [5, 5.41) is 0. The van der Waals surface area contributed by atoms with Crippen LogP contribution >= 0.6 is 0 Å². The van der Waals surface area contributed by atoms with E-state index in [0.29, 0.717) is 13.2 Å². The van der Waals surface area contributed by atoms with Crippen molar-refractivity contribution in [3.63, 3.8) is 0 Å². The molecule has 1 saturated carbocycles. The van der Waals surface area contributed by atoms with Crippen molar-refractivity contribution in [2.24, 2.45) is 0 Å². The number of methoxy groups -OCH3 is 1. The lowest BCUT2D eigenvalue weighted by Gasteiger charge is -2.48. The Morgan fingerprint density at radius 3 is 2.64 bits per heavy atom. The monoisotopic (exact) mass is 304 g/mol. The lowest BCUT2D eigenvalue weighted by Crippen LogP contribution is -2.49. The summed E-state index contributed by atoms with van der Waals surface area (Å²) in [5.41, 5.74) is 2.05. The molecule has 1 aliphatic rings. The van der Waals surface area contributed by atoms with Crippen LogP contribution in [0.5, 0.6) is 0 Å². The minimum atomic E-state index is -0.218. The van der Waals surface area contributed by atoms with Gasteiger partial charge >= 0.3 is 0 Å². The first kappa shape index (κ1) is 17.2. The van der Waals surface area contributed by atoms with Crippen LogP contribution in [0, 0.1) is 0 Å². The lowest BCUT2D eigenvalue weighted by molar-refractivity contribution is -0.195. The Balaban J connectivity index is 2.03. The van der Waals surface area contributed by atoms with E-state index in [9.17, 15) is 0 Å². The summed E-state index contributed by atoms with van der Waals surface area (Å²) in [6.45, 7) is 11.1. The third-order valence-electron chi connectivity index (χ3n) is 3.98. The van der Waals surface area contributed by atoms with E-state index in [4.69, 9.17) is 14.2 Å². The largest absolute Gasteiger partial charge is 0.373 e. The molecule has 1 aliphatic carbocycles. The van der Waals surface area contributed by atoms with Crippen LogP contribution in [0.1, 0.15) is 44.7 Å². The second kappa shape index (κ2) is 6.95. The number of ether oxygens (including phenoxy) is 3. The molecule has 122 valence electrons. The highest BCUT2D eigenvalue weighted by atomic mass is 16.5. The van der Waals surface area contributed by atoms with E-state index < -0.39 is 0 Å². The van der Waals surface area contributed by atoms with Gasteiger partial charge in [0, 0.05) is 20.0 Å². The van der Waals surface area contributed by atoms with Gasteiger partial charge in [0.25, 0.3) is 0 Å². The summed E-state index contributed by atoms with van der Waals surface area (Å²) in [5.74, 6) is 0. The molecule has 0 saturated heterocycles. The van der Waals surface area contributed by atoms with Crippen molar-refractivity contribution >= 4 is 0 Å². The summed E-state index contributed by atoms with van der Waals surface area (Å²) >= 11 is 0. The molecule has 1 aromatic rings. The molecule has 0 spiro atoms. The van der Waals surface area contributed by atoms with E-state index in [-0.39, 0.29) is 17.3 Å². The normalized spacial score (nSPS) is 24.8. The molecule has 0 atom stereocenters. The zero-order valence-electron chi connectivity index (χ0n) is 14.2. The standard InChI is InChI=1S/C19H28O3/c1-6-10-21-14-15-8-7-9-16(11-15)19(20-5)12-17(13-19)22-18(2,3)4/h6-9,11,17H,1,10,12-14H2,2-5H3/t17-,19-. The molecule has 0 aliphatic heterocycles. The quantitative estimate of drug-likeness (QED) is 0.558. The number of benzene rings is 1. The number of rotatable bonds is 7. The van der Waals surface area contributed by atoms with Crippen LogP contribution in [-0.4, -0.2) is 25.4 Å². The highest BCUT2D eigenvalue weighted by molar-refractivity contribution is 5.31. The van der Waals surface area contributed by atoms with Crippen LogP contribution in [0.15, 0.2) is 36.9 Å². The minimum Gasteiger partial charge on any atom is -0.373 e. The maximum atomic E-state index is 6.05. The molecule has 3 nitrogen and oxygen atoms in total. The Bertz CT molecular complexity index is 496. The molecule has 2 rings (SSSR count). The molecule has 1 aromatic carbocycles. The predicted octanol–water partition coefficient (Wildman–Crippen LogP) is 4.21. The zero-order valence-corrected chi connectivity index (χ0v) is 14.2. The molecule has 3 heteroatoms. The molecule has 0 unspecified atom stereocenters. The first-order chi connectivity index (χ1) is 10.4. The third-order valence-corrected chi connectivity index (χ3v) is 3.98. The number of hydrogen-bond donors (Lipinski definition) is 0. The summed E-state index contributed by atoms with van der Waals surface area (Å²) in [7, 11) is 1.79. The Labute approximate surface area is 134 Å². The van der Waals surface area contributed by atoms with Gasteiger partial charge in [-0.3, -0.25) is 0 Å². The second-order valence-electron chi connectivity index (χ2n) is 6.96. The van der Waals surface area contributed by atoms with Crippen molar-refractivity contribution in [3.05, 3.63) is 48.0 Å². The van der Waals surface area contributed by atoms with Gasteiger partial charge in [0.05, 0.1) is 30.5 Å². The van der Waals surface area contributed by atoms with Gasteiger partial charge in [-0.25, -0.2) is 0 Å². The van der Waals surface area contributed by atoms with Crippen LogP contribution in [0.4, 0.5) is 0 Å². The van der Waals surface area contributed by atoms with Crippen molar-refractivity contribution in [1.82, 2.24) is 0 Å². The first-order valence-corrected chi connectivity index (χ1v) is 7.89. The van der Waals surface area contributed by atoms with Gasteiger partial charge in [0.1, 0.15) is 0 Å². The van der Waals surface area contributed by atoms with E-state index >= 15 is 0 Å². The second-order valence-corrected chi connectivity index (χ2v) is 6.96. The number of hydrogen-bond acceptors (Lipinski definition) is 3. The minimum absolute atomic E-state index is 0.106. The molecule has 0 bridgehead atoms. The van der Waals surface area contributed by atoms with Crippen LogP contribution < -0.4 is 0 Å². The van der Waals surface area contributed by atoms with Gasteiger partial charge in [0.15, 0.2) is 0 Å². The van der Waals surface area contributed by atoms with Crippen molar-refractivity contribution in [3.8, 4) is 0 Å². The van der Waals surface area contributed by atoms with Crippen molar-refractivity contribution in [1.29, 1.82) is 0 Å². The van der Waals surface area contributed by atoms with Crippen LogP contribution in [-0.2, 0) is 26.4 Å². The fraction of sp³-hybridized carbons (Fsp3) is 0.579. The van der Waals surface area contributed by atoms with Gasteiger partial charge < -0.3 is 14.2 Å². The maximum Gasteiger partial charge on any atom is 0.0977 e. The summed E-state index contributed by atoms with van der Waals surface area (Å²) in [6.07, 6.45) is 3.83. The average Bonchev–Trinajstić information content (AvgIpc) is 2.42. The molecule has 0 amide bonds. The van der Waals surface area contributed by atoms with Crippen molar-refractivity contribution in [2.45, 2.75) is 57.5 Å². The lowest BCUT2D eigenvalue weighted by atomic mass is 9.72. The van der Waals surface area contributed by atoms with E-state index in [1.54, 1.807) is 13.2 Å². The topological polar surface area (TPSA) is 27.7 Å². The van der Waals surface area contributed by atoms with Crippen molar-refractivity contribution in [2.75, 3.05) is 13.7 Å². The van der Waals surface area contributed by atoms with Crippen LogP contribution in [0.25, 0.3) is 0 Å². The highest BCUT2D eigenvalue weighted by Crippen LogP contribution is 2.47. The Hall–Kier alpha value is -1.16. The maximum absolute atomic E-state index is 6.05. The predicted molar refractivity (Wildman–Crippen MR) is 88.8 cm³/mol. The van der Waals surface area contributed by atoms with Gasteiger partial charge in [-0.2, -0.15) is 0 Å². The molecule has 0 N–H and O–H groups in total. The van der Waals surface area contributed by atoms with Gasteiger partial charge in [-0.15, -0.1) is 6.58 Å². The molecule has 1 fully saturated rings. The Morgan fingerprint density at radius 2 is 2.05 bits per heavy atom. The van der Waals surface area contributed by atoms with E-state index in [0.717, 1.165) is 18.4 Å². The summed E-state index contributed by atoms with van der Waals surface area (Å²) < 4.78 is 17.4. The molecule has 0 heterocycles.